The number of nitrogens with zero attached hydrogens (tertiary/aromatic N) is 2. The van der Waals surface area contributed by atoms with Gasteiger partial charge in [-0.3, -0.25) is 0 Å². The van der Waals surface area contributed by atoms with Crippen molar-refractivity contribution >= 4 is 11.6 Å². The average Bonchev–Trinajstić information content (AvgIpc) is 3.23. The second-order valence-corrected chi connectivity index (χ2v) is 4.67. The number of para-hydroxylation sites is 1. The van der Waals surface area contributed by atoms with Crippen LogP contribution in [0.1, 0.15) is 24.8 Å². The molecule has 1 saturated carbocycles. The van der Waals surface area contributed by atoms with Crippen LogP contribution in [-0.4, -0.2) is 15.3 Å². The highest BCUT2D eigenvalue weighted by Gasteiger charge is 2.08. The van der Waals surface area contributed by atoms with Gasteiger partial charge < -0.3 is 9.84 Å². The average molecular weight is 279 g/mol. The zero-order valence-electron chi connectivity index (χ0n) is 10.6. The lowest BCUT2D eigenvalue weighted by molar-refractivity contribution is 0.390. The molecular weight excluding hydrogens is 264 g/mol. The number of aromatic nitrogens is 2. The third kappa shape index (κ3) is 4.41. The molecule has 5 heteroatoms. The van der Waals surface area contributed by atoms with Crippen LogP contribution in [0, 0.1) is 6.92 Å². The summed E-state index contributed by atoms with van der Waals surface area (Å²) in [6, 6.07) is 8.70. The maximum absolute atomic E-state index is 9.53. The van der Waals surface area contributed by atoms with Gasteiger partial charge in [-0.2, -0.15) is 0 Å². The highest BCUT2D eigenvalue weighted by molar-refractivity contribution is 6.29. The van der Waals surface area contributed by atoms with Gasteiger partial charge in [0, 0.05) is 6.07 Å². The molecule has 1 N–H and O–H groups in total. The SMILES string of the molecule is C1CC1.Cc1ccccc1Oc1nnc(Cl)cc1O. The minimum Gasteiger partial charge on any atom is -0.503 e. The van der Waals surface area contributed by atoms with Crippen LogP contribution in [0.15, 0.2) is 30.3 Å². The lowest BCUT2D eigenvalue weighted by atomic mass is 10.2. The van der Waals surface area contributed by atoms with Crippen molar-refractivity contribution in [3.63, 3.8) is 0 Å². The predicted octanol–water partition coefficient (Wildman–Crippen LogP) is 4.11. The number of hydrogen-bond acceptors (Lipinski definition) is 4. The summed E-state index contributed by atoms with van der Waals surface area (Å²) in [6.45, 7) is 1.90. The van der Waals surface area contributed by atoms with Gasteiger partial charge >= 0.3 is 0 Å². The molecule has 1 fully saturated rings. The summed E-state index contributed by atoms with van der Waals surface area (Å²) in [5.74, 6) is 0.524. The summed E-state index contributed by atoms with van der Waals surface area (Å²) in [7, 11) is 0. The molecule has 0 spiro atoms. The van der Waals surface area contributed by atoms with Crippen molar-refractivity contribution in [3.05, 3.63) is 41.0 Å². The molecule has 1 aliphatic rings. The minimum absolute atomic E-state index is 0.0405. The van der Waals surface area contributed by atoms with Crippen molar-refractivity contribution in [1.29, 1.82) is 0 Å². The Morgan fingerprint density at radius 2 is 1.84 bits per heavy atom. The first-order valence-corrected chi connectivity index (χ1v) is 6.50. The quantitative estimate of drug-likeness (QED) is 0.898. The van der Waals surface area contributed by atoms with E-state index in [2.05, 4.69) is 10.2 Å². The van der Waals surface area contributed by atoms with Crippen molar-refractivity contribution in [2.24, 2.45) is 0 Å². The zero-order valence-corrected chi connectivity index (χ0v) is 11.4. The van der Waals surface area contributed by atoms with E-state index >= 15 is 0 Å². The second-order valence-electron chi connectivity index (χ2n) is 4.29. The van der Waals surface area contributed by atoms with Crippen LogP contribution in [0.2, 0.25) is 5.15 Å². The van der Waals surface area contributed by atoms with E-state index in [1.165, 1.54) is 25.3 Å². The fraction of sp³-hybridized carbons (Fsp3) is 0.286. The van der Waals surface area contributed by atoms with Gasteiger partial charge in [0.25, 0.3) is 5.88 Å². The number of ether oxygens (including phenoxy) is 1. The lowest BCUT2D eigenvalue weighted by Gasteiger charge is -2.07. The summed E-state index contributed by atoms with van der Waals surface area (Å²) in [6.07, 6.45) is 4.50. The topological polar surface area (TPSA) is 55.2 Å². The Morgan fingerprint density at radius 3 is 2.42 bits per heavy atom. The molecule has 4 nitrogen and oxygen atoms in total. The van der Waals surface area contributed by atoms with Gasteiger partial charge in [0.15, 0.2) is 10.9 Å². The van der Waals surface area contributed by atoms with Gasteiger partial charge in [0.05, 0.1) is 0 Å². The number of aryl methyl sites for hydroxylation is 1. The first kappa shape index (κ1) is 13.6. The largest absolute Gasteiger partial charge is 0.503 e. The third-order valence-corrected chi connectivity index (χ3v) is 2.55. The van der Waals surface area contributed by atoms with Gasteiger partial charge in [-0.15, -0.1) is 10.2 Å². The van der Waals surface area contributed by atoms with E-state index in [1.54, 1.807) is 6.07 Å². The van der Waals surface area contributed by atoms with Gasteiger partial charge in [0.2, 0.25) is 0 Å². The van der Waals surface area contributed by atoms with Crippen molar-refractivity contribution < 1.29 is 9.84 Å². The summed E-state index contributed by atoms with van der Waals surface area (Å²) >= 11 is 5.56. The maximum Gasteiger partial charge on any atom is 0.281 e. The maximum atomic E-state index is 9.53. The zero-order chi connectivity index (χ0) is 13.7. The van der Waals surface area contributed by atoms with Crippen molar-refractivity contribution in [2.45, 2.75) is 26.2 Å². The van der Waals surface area contributed by atoms with E-state index in [-0.39, 0.29) is 16.8 Å². The van der Waals surface area contributed by atoms with Crippen molar-refractivity contribution in [1.82, 2.24) is 10.2 Å². The van der Waals surface area contributed by atoms with Crippen molar-refractivity contribution in [3.8, 4) is 17.4 Å². The fourth-order valence-electron chi connectivity index (χ4n) is 1.20. The third-order valence-electron chi connectivity index (χ3n) is 2.37. The van der Waals surface area contributed by atoms with Gasteiger partial charge in [-0.05, 0) is 18.6 Å². The predicted molar refractivity (Wildman–Crippen MR) is 73.8 cm³/mol. The smallest absolute Gasteiger partial charge is 0.281 e. The Bertz CT molecular complexity index is 556. The molecule has 2 aromatic rings. The Kier molecular flexibility index (Phi) is 4.58. The second kappa shape index (κ2) is 6.38. The van der Waals surface area contributed by atoms with E-state index in [4.69, 9.17) is 16.3 Å². The molecule has 3 rings (SSSR count). The number of aromatic hydroxyl groups is 1. The Labute approximate surface area is 117 Å². The van der Waals surface area contributed by atoms with E-state index < -0.39 is 0 Å². The first-order valence-electron chi connectivity index (χ1n) is 6.12. The van der Waals surface area contributed by atoms with Crippen LogP contribution in [0.5, 0.6) is 17.4 Å². The Balaban J connectivity index is 0.000000390. The molecular formula is C14H15ClN2O2. The minimum atomic E-state index is -0.136. The van der Waals surface area contributed by atoms with Gasteiger partial charge in [-0.1, -0.05) is 49.1 Å². The standard InChI is InChI=1S/C11H9ClN2O2.C3H6/c1-7-4-2-3-5-9(7)16-11-8(15)6-10(12)13-14-11;1-2-3-1/h2-6H,1H3,(H,13,15);1-3H2. The number of benzene rings is 1. The van der Waals surface area contributed by atoms with Crippen LogP contribution < -0.4 is 4.74 Å². The Morgan fingerprint density at radius 1 is 1.16 bits per heavy atom. The monoisotopic (exact) mass is 278 g/mol. The summed E-state index contributed by atoms with van der Waals surface area (Å²) in [5, 5.41) is 16.9. The molecule has 0 unspecified atom stereocenters. The molecule has 0 aliphatic heterocycles. The van der Waals surface area contributed by atoms with E-state index in [9.17, 15) is 5.11 Å². The highest BCUT2D eigenvalue weighted by atomic mass is 35.5. The molecule has 1 aliphatic carbocycles. The molecule has 0 bridgehead atoms. The normalized spacial score (nSPS) is 12.3. The van der Waals surface area contributed by atoms with Crippen molar-refractivity contribution in [2.75, 3.05) is 0 Å². The highest BCUT2D eigenvalue weighted by Crippen LogP contribution is 2.30. The summed E-state index contributed by atoms with van der Waals surface area (Å²) < 4.78 is 5.41. The molecule has 0 radical (unpaired) electrons. The van der Waals surface area contributed by atoms with Crippen LogP contribution >= 0.6 is 11.6 Å². The summed E-state index contributed by atoms with van der Waals surface area (Å²) in [5.41, 5.74) is 0.943. The molecule has 1 heterocycles. The van der Waals surface area contributed by atoms with E-state index in [0.717, 1.165) is 5.56 Å². The van der Waals surface area contributed by atoms with Crippen LogP contribution in [0.25, 0.3) is 0 Å². The van der Waals surface area contributed by atoms with Gasteiger partial charge in [0.1, 0.15) is 5.75 Å². The van der Waals surface area contributed by atoms with Crippen LogP contribution in [0.4, 0.5) is 0 Å². The summed E-state index contributed by atoms with van der Waals surface area (Å²) in [4.78, 5) is 0. The molecule has 100 valence electrons. The lowest BCUT2D eigenvalue weighted by Crippen LogP contribution is -1.92. The van der Waals surface area contributed by atoms with Crippen LogP contribution in [0.3, 0.4) is 0 Å². The van der Waals surface area contributed by atoms with E-state index in [0.29, 0.717) is 5.75 Å². The molecule has 0 saturated heterocycles. The van der Waals surface area contributed by atoms with Crippen LogP contribution in [-0.2, 0) is 0 Å². The Hall–Kier alpha value is -1.81. The van der Waals surface area contributed by atoms with E-state index in [1.807, 2.05) is 25.1 Å². The molecule has 19 heavy (non-hydrogen) atoms. The number of halogens is 1. The molecule has 0 amide bonds. The molecule has 0 atom stereocenters. The fourth-order valence-corrected chi connectivity index (χ4v) is 1.34. The first-order chi connectivity index (χ1) is 9.16. The molecule has 1 aromatic heterocycles. The molecule has 1 aromatic carbocycles. The number of hydrogen-bond donors (Lipinski definition) is 1. The number of rotatable bonds is 2. The van der Waals surface area contributed by atoms with Gasteiger partial charge in [-0.25, -0.2) is 0 Å².